The van der Waals surface area contributed by atoms with E-state index in [0.717, 1.165) is 33.1 Å². The first-order valence-corrected chi connectivity index (χ1v) is 11.5. The number of benzene rings is 4. The average molecular weight is 425 g/mol. The third-order valence-electron chi connectivity index (χ3n) is 5.40. The van der Waals surface area contributed by atoms with Crippen molar-refractivity contribution in [2.24, 2.45) is 0 Å². The van der Waals surface area contributed by atoms with Gasteiger partial charge in [0.1, 0.15) is 0 Å². The summed E-state index contributed by atoms with van der Waals surface area (Å²) in [7, 11) is -3.70. The molecule has 0 saturated heterocycles. The van der Waals surface area contributed by atoms with Crippen molar-refractivity contribution in [3.63, 3.8) is 0 Å². The first-order chi connectivity index (χ1) is 15.0. The Morgan fingerprint density at radius 3 is 2.32 bits per heavy atom. The lowest BCUT2D eigenvalue weighted by atomic mass is 9.99. The van der Waals surface area contributed by atoms with Gasteiger partial charge in [0, 0.05) is 10.9 Å². The number of hydrogen-bond acceptors (Lipinski definition) is 3. The van der Waals surface area contributed by atoms with E-state index < -0.39 is 10.0 Å². The van der Waals surface area contributed by atoms with Crippen LogP contribution in [0.25, 0.3) is 32.9 Å². The first-order valence-electron chi connectivity index (χ1n) is 9.99. The Hall–Kier alpha value is -3.70. The third kappa shape index (κ3) is 3.53. The van der Waals surface area contributed by atoms with Gasteiger partial charge in [-0.25, -0.2) is 13.4 Å². The number of nitrogens with zero attached hydrogens (tertiary/aromatic N) is 1. The molecule has 0 fully saturated rings. The topological polar surface area (TPSA) is 59.1 Å². The molecule has 0 aliphatic carbocycles. The Morgan fingerprint density at radius 2 is 1.48 bits per heavy atom. The molecule has 0 bridgehead atoms. The fourth-order valence-corrected chi connectivity index (χ4v) is 5.04. The largest absolute Gasteiger partial charge is 0.279 e. The van der Waals surface area contributed by atoms with Gasteiger partial charge in [0.25, 0.3) is 10.0 Å². The number of nitrogens with one attached hydrogen (secondary N) is 1. The highest BCUT2D eigenvalue weighted by atomic mass is 32.2. The lowest BCUT2D eigenvalue weighted by molar-refractivity contribution is 0.601. The van der Waals surface area contributed by atoms with Gasteiger partial charge in [-0.1, -0.05) is 66.7 Å². The normalized spacial score (nSPS) is 11.6. The summed E-state index contributed by atoms with van der Waals surface area (Å²) in [6.45, 7) is 2.07. The molecule has 5 aromatic rings. The lowest BCUT2D eigenvalue weighted by Gasteiger charge is -2.14. The standard InChI is InChI=1S/C26H20N2O2S/c1-18-17-25(27-24-16-15-19-9-5-6-12-21(19)26(18)24)22-13-7-8-14-23(22)28-31(29,30)20-10-3-2-4-11-20/h2-17,28H,1H3. The molecule has 1 N–H and O–H groups in total. The summed E-state index contributed by atoms with van der Waals surface area (Å²) in [5, 5.41) is 3.45. The van der Waals surface area contributed by atoms with Crippen LogP contribution < -0.4 is 4.72 Å². The van der Waals surface area contributed by atoms with E-state index in [-0.39, 0.29) is 4.90 Å². The predicted molar refractivity (Wildman–Crippen MR) is 127 cm³/mol. The zero-order valence-electron chi connectivity index (χ0n) is 16.9. The van der Waals surface area contributed by atoms with Gasteiger partial charge in [0.2, 0.25) is 0 Å². The summed E-state index contributed by atoms with van der Waals surface area (Å²) >= 11 is 0. The summed E-state index contributed by atoms with van der Waals surface area (Å²) in [4.78, 5) is 5.11. The van der Waals surface area contributed by atoms with Gasteiger partial charge < -0.3 is 0 Å². The zero-order valence-corrected chi connectivity index (χ0v) is 17.7. The number of sulfonamides is 1. The number of pyridine rings is 1. The molecule has 152 valence electrons. The van der Waals surface area contributed by atoms with Crippen LogP contribution in [0.1, 0.15) is 5.56 Å². The molecular weight excluding hydrogens is 404 g/mol. The molecule has 0 atom stereocenters. The van der Waals surface area contributed by atoms with Crippen molar-refractivity contribution in [3.8, 4) is 11.3 Å². The highest BCUT2D eigenvalue weighted by molar-refractivity contribution is 7.92. The number of anilines is 1. The number of aromatic nitrogens is 1. The van der Waals surface area contributed by atoms with E-state index in [4.69, 9.17) is 4.98 Å². The van der Waals surface area contributed by atoms with Gasteiger partial charge in [-0.05, 0) is 53.6 Å². The van der Waals surface area contributed by atoms with Crippen LogP contribution in [-0.2, 0) is 10.0 Å². The molecule has 0 unspecified atom stereocenters. The summed E-state index contributed by atoms with van der Waals surface area (Å²) in [6.07, 6.45) is 0. The number of rotatable bonds is 4. The summed E-state index contributed by atoms with van der Waals surface area (Å²) in [5.74, 6) is 0. The summed E-state index contributed by atoms with van der Waals surface area (Å²) < 4.78 is 28.5. The Balaban J connectivity index is 1.64. The highest BCUT2D eigenvalue weighted by Crippen LogP contribution is 2.33. The molecule has 0 aliphatic rings. The molecule has 31 heavy (non-hydrogen) atoms. The molecule has 0 radical (unpaired) electrons. The molecule has 5 rings (SSSR count). The molecule has 5 heteroatoms. The van der Waals surface area contributed by atoms with Crippen molar-refractivity contribution in [2.45, 2.75) is 11.8 Å². The maximum absolute atomic E-state index is 12.9. The Morgan fingerprint density at radius 1 is 0.774 bits per heavy atom. The SMILES string of the molecule is Cc1cc(-c2ccccc2NS(=O)(=O)c2ccccc2)nc2ccc3ccccc3c12. The summed E-state index contributed by atoms with van der Waals surface area (Å²) in [5.41, 5.74) is 3.94. The number of fused-ring (bicyclic) bond motifs is 3. The quantitative estimate of drug-likeness (QED) is 0.351. The van der Waals surface area contributed by atoms with E-state index in [9.17, 15) is 8.42 Å². The van der Waals surface area contributed by atoms with Gasteiger partial charge in [-0.2, -0.15) is 0 Å². The van der Waals surface area contributed by atoms with Crippen LogP contribution >= 0.6 is 0 Å². The second-order valence-electron chi connectivity index (χ2n) is 7.47. The minimum atomic E-state index is -3.70. The summed E-state index contributed by atoms with van der Waals surface area (Å²) in [6, 6.07) is 30.1. The number of hydrogen-bond donors (Lipinski definition) is 1. The van der Waals surface area contributed by atoms with Gasteiger partial charge in [-0.15, -0.1) is 0 Å². The molecule has 4 nitrogen and oxygen atoms in total. The van der Waals surface area contributed by atoms with Crippen molar-refractivity contribution < 1.29 is 8.42 Å². The van der Waals surface area contributed by atoms with Crippen LogP contribution in [0.5, 0.6) is 0 Å². The Kier molecular flexibility index (Phi) is 4.68. The van der Waals surface area contributed by atoms with Crippen LogP contribution in [0.4, 0.5) is 5.69 Å². The Bertz CT molecular complexity index is 1530. The van der Waals surface area contributed by atoms with Gasteiger partial charge in [-0.3, -0.25) is 4.72 Å². The van der Waals surface area contributed by atoms with Crippen LogP contribution in [0, 0.1) is 6.92 Å². The molecule has 1 aromatic heterocycles. The minimum Gasteiger partial charge on any atom is -0.279 e. The minimum absolute atomic E-state index is 0.221. The van der Waals surface area contributed by atoms with Crippen LogP contribution in [0.2, 0.25) is 0 Å². The molecule has 0 saturated carbocycles. The molecule has 0 spiro atoms. The zero-order chi connectivity index (χ0) is 21.4. The van der Waals surface area contributed by atoms with E-state index in [1.54, 1.807) is 36.4 Å². The molecule has 0 aliphatic heterocycles. The number of para-hydroxylation sites is 1. The maximum atomic E-state index is 12.9. The average Bonchev–Trinajstić information content (AvgIpc) is 2.79. The van der Waals surface area contributed by atoms with Crippen molar-refractivity contribution in [1.29, 1.82) is 0 Å². The van der Waals surface area contributed by atoms with Crippen LogP contribution in [-0.4, -0.2) is 13.4 Å². The smallest absolute Gasteiger partial charge is 0.261 e. The lowest BCUT2D eigenvalue weighted by Crippen LogP contribution is -2.13. The van der Waals surface area contributed by atoms with Crippen molar-refractivity contribution in [3.05, 3.63) is 103 Å². The predicted octanol–water partition coefficient (Wildman–Crippen LogP) is 6.16. The third-order valence-corrected chi connectivity index (χ3v) is 6.78. The van der Waals surface area contributed by atoms with E-state index in [1.165, 1.54) is 5.39 Å². The van der Waals surface area contributed by atoms with E-state index >= 15 is 0 Å². The van der Waals surface area contributed by atoms with E-state index in [0.29, 0.717) is 5.69 Å². The van der Waals surface area contributed by atoms with Crippen LogP contribution in [0.3, 0.4) is 0 Å². The Labute approximate surface area is 181 Å². The van der Waals surface area contributed by atoms with Crippen molar-refractivity contribution in [2.75, 3.05) is 4.72 Å². The van der Waals surface area contributed by atoms with Gasteiger partial charge >= 0.3 is 0 Å². The number of aryl methyl sites for hydroxylation is 1. The van der Waals surface area contributed by atoms with Crippen LogP contribution in [0.15, 0.2) is 102 Å². The highest BCUT2D eigenvalue weighted by Gasteiger charge is 2.17. The van der Waals surface area contributed by atoms with E-state index in [2.05, 4.69) is 29.8 Å². The van der Waals surface area contributed by atoms with Gasteiger partial charge in [0.15, 0.2) is 0 Å². The molecule has 0 amide bonds. The second-order valence-corrected chi connectivity index (χ2v) is 9.15. The fourth-order valence-electron chi connectivity index (χ4n) is 3.94. The molecular formula is C26H20N2O2S. The monoisotopic (exact) mass is 424 g/mol. The first kappa shape index (κ1) is 19.3. The van der Waals surface area contributed by atoms with E-state index in [1.807, 2.05) is 42.5 Å². The van der Waals surface area contributed by atoms with Crippen molar-refractivity contribution in [1.82, 2.24) is 4.98 Å². The molecule has 1 heterocycles. The molecule has 4 aromatic carbocycles. The fraction of sp³-hybridized carbons (Fsp3) is 0.0385. The van der Waals surface area contributed by atoms with Crippen molar-refractivity contribution >= 4 is 37.4 Å². The second kappa shape index (κ2) is 7.52. The maximum Gasteiger partial charge on any atom is 0.261 e. The van der Waals surface area contributed by atoms with Gasteiger partial charge in [0.05, 0.1) is 21.8 Å².